The highest BCUT2D eigenvalue weighted by atomic mass is 35.5. The molecule has 0 aliphatic heterocycles. The molecule has 144 valence electrons. The Bertz CT molecular complexity index is 1370. The van der Waals surface area contributed by atoms with Gasteiger partial charge in [0.15, 0.2) is 11.5 Å². The zero-order valence-corrected chi connectivity index (χ0v) is 17.3. The lowest BCUT2D eigenvalue weighted by atomic mass is 10.2. The maximum atomic E-state index is 6.36. The third-order valence-corrected chi connectivity index (χ3v) is 5.73. The Kier molecular flexibility index (Phi) is 4.26. The first kappa shape index (κ1) is 18.1. The van der Waals surface area contributed by atoms with Crippen LogP contribution in [0, 0.1) is 13.8 Å². The van der Waals surface area contributed by atoms with Crippen LogP contribution in [0.3, 0.4) is 0 Å². The summed E-state index contributed by atoms with van der Waals surface area (Å²) in [6.45, 7) is 4.87. The summed E-state index contributed by atoms with van der Waals surface area (Å²) in [5, 5.41) is 6.66. The van der Waals surface area contributed by atoms with E-state index < -0.39 is 0 Å². The van der Waals surface area contributed by atoms with Gasteiger partial charge in [0.2, 0.25) is 0 Å². The van der Waals surface area contributed by atoms with Gasteiger partial charge in [0.1, 0.15) is 12.0 Å². The van der Waals surface area contributed by atoms with Crippen molar-refractivity contribution in [3.05, 3.63) is 75.9 Å². The predicted molar refractivity (Wildman–Crippen MR) is 115 cm³/mol. The van der Waals surface area contributed by atoms with Gasteiger partial charge < -0.3 is 4.57 Å². The van der Waals surface area contributed by atoms with Crippen molar-refractivity contribution in [1.82, 2.24) is 29.1 Å². The van der Waals surface area contributed by atoms with E-state index in [0.717, 1.165) is 39.1 Å². The van der Waals surface area contributed by atoms with Crippen LogP contribution in [-0.4, -0.2) is 29.1 Å². The molecule has 0 fully saturated rings. The fourth-order valence-electron chi connectivity index (χ4n) is 3.58. The van der Waals surface area contributed by atoms with E-state index in [9.17, 15) is 0 Å². The minimum absolute atomic E-state index is 0.514. The summed E-state index contributed by atoms with van der Waals surface area (Å²) in [6.07, 6.45) is 5.34. The summed E-state index contributed by atoms with van der Waals surface area (Å²) in [4.78, 5) is 13.7. The van der Waals surface area contributed by atoms with E-state index in [1.54, 1.807) is 29.2 Å². The quantitative estimate of drug-likeness (QED) is 0.405. The van der Waals surface area contributed by atoms with Gasteiger partial charge >= 0.3 is 0 Å². The van der Waals surface area contributed by atoms with Gasteiger partial charge in [0.25, 0.3) is 0 Å². The summed E-state index contributed by atoms with van der Waals surface area (Å²) in [6, 6.07) is 9.30. The average molecular weight is 423 g/mol. The van der Waals surface area contributed by atoms with Gasteiger partial charge in [0, 0.05) is 28.7 Å². The van der Waals surface area contributed by atoms with Crippen molar-refractivity contribution in [2.75, 3.05) is 0 Å². The van der Waals surface area contributed by atoms with Crippen molar-refractivity contribution in [3.8, 4) is 11.4 Å². The maximum absolute atomic E-state index is 6.36. The highest BCUT2D eigenvalue weighted by Gasteiger charge is 2.19. The lowest BCUT2D eigenvalue weighted by molar-refractivity contribution is 0.783. The van der Waals surface area contributed by atoms with Crippen LogP contribution in [0.5, 0.6) is 0 Å². The second kappa shape index (κ2) is 6.83. The smallest absolute Gasteiger partial charge is 0.183 e. The van der Waals surface area contributed by atoms with Crippen LogP contribution in [0.25, 0.3) is 28.1 Å². The first-order chi connectivity index (χ1) is 14.0. The number of benzene rings is 1. The number of hydrogen-bond acceptors (Lipinski definition) is 4. The van der Waals surface area contributed by atoms with E-state index >= 15 is 0 Å². The van der Waals surface area contributed by atoms with Crippen LogP contribution >= 0.6 is 23.2 Å². The summed E-state index contributed by atoms with van der Waals surface area (Å²) < 4.78 is 3.88. The Morgan fingerprint density at radius 3 is 2.69 bits per heavy atom. The summed E-state index contributed by atoms with van der Waals surface area (Å²) in [5.74, 6) is 0.540. The van der Waals surface area contributed by atoms with Crippen LogP contribution in [0.4, 0.5) is 0 Å². The molecule has 0 N–H and O–H groups in total. The van der Waals surface area contributed by atoms with Gasteiger partial charge in [-0.1, -0.05) is 29.3 Å². The molecule has 5 rings (SSSR count). The largest absolute Gasteiger partial charge is 0.325 e. The van der Waals surface area contributed by atoms with Gasteiger partial charge in [0.05, 0.1) is 17.0 Å². The highest BCUT2D eigenvalue weighted by molar-refractivity contribution is 6.36. The number of aryl methyl sites for hydroxylation is 1. The van der Waals surface area contributed by atoms with Gasteiger partial charge in [-0.05, 0) is 49.2 Å². The molecular formula is C21H16Cl2N6. The monoisotopic (exact) mass is 422 g/mol. The van der Waals surface area contributed by atoms with Crippen molar-refractivity contribution in [3.63, 3.8) is 0 Å². The van der Waals surface area contributed by atoms with E-state index in [1.165, 1.54) is 0 Å². The Labute approximate surface area is 176 Å². The van der Waals surface area contributed by atoms with Gasteiger partial charge in [-0.15, -0.1) is 5.10 Å². The van der Waals surface area contributed by atoms with Crippen molar-refractivity contribution < 1.29 is 0 Å². The minimum Gasteiger partial charge on any atom is -0.325 e. The lowest BCUT2D eigenvalue weighted by Crippen LogP contribution is -2.03. The van der Waals surface area contributed by atoms with E-state index in [-0.39, 0.29) is 0 Å². The molecule has 29 heavy (non-hydrogen) atoms. The van der Waals surface area contributed by atoms with Crippen LogP contribution < -0.4 is 0 Å². The molecule has 0 atom stereocenters. The molecule has 5 aromatic rings. The van der Waals surface area contributed by atoms with Crippen molar-refractivity contribution in [2.24, 2.45) is 0 Å². The number of aromatic nitrogens is 6. The molecule has 0 aliphatic carbocycles. The first-order valence-electron chi connectivity index (χ1n) is 9.08. The predicted octanol–water partition coefficient (Wildman–Crippen LogP) is 5.11. The Morgan fingerprint density at radius 2 is 1.93 bits per heavy atom. The minimum atomic E-state index is 0.514. The van der Waals surface area contributed by atoms with E-state index in [1.807, 2.05) is 18.3 Å². The molecule has 0 spiro atoms. The second-order valence-corrected chi connectivity index (χ2v) is 7.77. The maximum Gasteiger partial charge on any atom is 0.183 e. The molecule has 0 radical (unpaired) electrons. The number of rotatable bonds is 3. The molecule has 8 heteroatoms. The summed E-state index contributed by atoms with van der Waals surface area (Å²) >= 11 is 12.4. The first-order valence-corrected chi connectivity index (χ1v) is 9.83. The molecule has 0 aliphatic rings. The van der Waals surface area contributed by atoms with Crippen LogP contribution in [0.1, 0.15) is 16.8 Å². The molecule has 1 aromatic carbocycles. The van der Waals surface area contributed by atoms with Gasteiger partial charge in [-0.2, -0.15) is 0 Å². The van der Waals surface area contributed by atoms with Crippen molar-refractivity contribution in [1.29, 1.82) is 0 Å². The van der Waals surface area contributed by atoms with E-state index in [0.29, 0.717) is 22.4 Å². The van der Waals surface area contributed by atoms with Crippen molar-refractivity contribution >= 4 is 39.9 Å². The number of fused-ring (bicyclic) bond motifs is 3. The van der Waals surface area contributed by atoms with Crippen LogP contribution in [0.15, 0.2) is 49.1 Å². The summed E-state index contributed by atoms with van der Waals surface area (Å²) in [7, 11) is 0. The zero-order chi connectivity index (χ0) is 20.1. The SMILES string of the molecule is Cc1c(C)n(Cc2cccnc2)c2ncn3nc(-c4ccc(Cl)cc4Cl)nc3c12. The second-order valence-electron chi connectivity index (χ2n) is 6.93. The number of nitrogens with zero attached hydrogens (tertiary/aromatic N) is 6. The van der Waals surface area contributed by atoms with E-state index in [2.05, 4.69) is 39.5 Å². The van der Waals surface area contributed by atoms with E-state index in [4.69, 9.17) is 28.2 Å². The molecule has 0 unspecified atom stereocenters. The molecule has 4 heterocycles. The van der Waals surface area contributed by atoms with Crippen LogP contribution in [-0.2, 0) is 6.54 Å². The Morgan fingerprint density at radius 1 is 1.07 bits per heavy atom. The van der Waals surface area contributed by atoms with Gasteiger partial charge in [-0.3, -0.25) is 4.98 Å². The molecule has 0 saturated carbocycles. The molecular weight excluding hydrogens is 407 g/mol. The van der Waals surface area contributed by atoms with Crippen LogP contribution in [0.2, 0.25) is 10.0 Å². The number of pyridine rings is 1. The lowest BCUT2D eigenvalue weighted by Gasteiger charge is -2.07. The molecule has 4 aromatic heterocycles. The number of hydrogen-bond donors (Lipinski definition) is 0. The Hall–Kier alpha value is -2.96. The standard InChI is InChI=1S/C21H16Cl2N6/c1-12-13(2)28(10-14-4-3-7-24-9-14)20-18(12)21-26-19(27-29(21)11-25-20)16-6-5-15(22)8-17(16)23/h3-9,11H,10H2,1-2H3. The summed E-state index contributed by atoms with van der Waals surface area (Å²) in [5.41, 5.74) is 5.74. The third-order valence-electron chi connectivity index (χ3n) is 5.18. The average Bonchev–Trinajstić information content (AvgIpc) is 3.24. The zero-order valence-electron chi connectivity index (χ0n) is 15.8. The highest BCUT2D eigenvalue weighted by Crippen LogP contribution is 2.31. The molecule has 0 amide bonds. The number of halogens is 2. The normalized spacial score (nSPS) is 11.6. The van der Waals surface area contributed by atoms with Gasteiger partial charge in [-0.25, -0.2) is 14.5 Å². The molecule has 0 saturated heterocycles. The van der Waals surface area contributed by atoms with Crippen molar-refractivity contribution in [2.45, 2.75) is 20.4 Å². The molecule has 0 bridgehead atoms. The Balaban J connectivity index is 1.71. The fraction of sp³-hybridized carbons (Fsp3) is 0.143. The third kappa shape index (κ3) is 2.96. The fourth-order valence-corrected chi connectivity index (χ4v) is 4.08. The molecule has 6 nitrogen and oxygen atoms in total. The topological polar surface area (TPSA) is 60.9 Å².